The number of aliphatic hydroxyl groups excluding tert-OH is 1. The van der Waals surface area contributed by atoms with E-state index in [0.29, 0.717) is 28.8 Å². The van der Waals surface area contributed by atoms with E-state index in [-0.39, 0.29) is 18.6 Å². The molecule has 10 nitrogen and oxygen atoms in total. The molecule has 2 aromatic rings. The number of anilines is 4. The van der Waals surface area contributed by atoms with Crippen molar-refractivity contribution in [3.8, 4) is 0 Å². The summed E-state index contributed by atoms with van der Waals surface area (Å²) < 4.78 is 12.6. The van der Waals surface area contributed by atoms with Crippen LogP contribution in [0.1, 0.15) is 19.5 Å². The van der Waals surface area contributed by atoms with Gasteiger partial charge in [0, 0.05) is 46.7 Å². The van der Waals surface area contributed by atoms with Crippen LogP contribution < -0.4 is 20.0 Å². The van der Waals surface area contributed by atoms with E-state index < -0.39 is 11.2 Å². The van der Waals surface area contributed by atoms with Crippen LogP contribution in [0.2, 0.25) is 0 Å². The van der Waals surface area contributed by atoms with E-state index in [1.807, 2.05) is 38.9 Å². The maximum absolute atomic E-state index is 12.6. The Morgan fingerprint density at radius 2 is 1.91 bits per heavy atom. The molecule has 4 rings (SSSR count). The minimum Gasteiger partial charge on any atom is -0.611 e. The van der Waals surface area contributed by atoms with Gasteiger partial charge >= 0.3 is 0 Å². The number of nitrogens with zero attached hydrogens (tertiary/aromatic N) is 7. The molecule has 32 heavy (non-hydrogen) atoms. The van der Waals surface area contributed by atoms with E-state index in [1.54, 1.807) is 6.20 Å². The largest absolute Gasteiger partial charge is 0.611 e. The van der Waals surface area contributed by atoms with E-state index >= 15 is 0 Å². The molecule has 2 aliphatic heterocycles. The summed E-state index contributed by atoms with van der Waals surface area (Å²) in [4.78, 5) is 16.7. The Hall–Kier alpha value is -2.37. The van der Waals surface area contributed by atoms with Crippen LogP contribution in [0.3, 0.4) is 0 Å². The number of hydrogen-bond acceptors (Lipinski definition) is 10. The van der Waals surface area contributed by atoms with Crippen LogP contribution >= 0.6 is 0 Å². The zero-order valence-corrected chi connectivity index (χ0v) is 20.0. The smallest absolute Gasteiger partial charge is 0.228 e. The normalized spacial score (nSPS) is 19.3. The van der Waals surface area contributed by atoms with Gasteiger partial charge < -0.3 is 29.7 Å². The molecule has 0 spiro atoms. The summed E-state index contributed by atoms with van der Waals surface area (Å²) in [7, 11) is 3.94. The van der Waals surface area contributed by atoms with E-state index in [1.165, 1.54) is 0 Å². The highest BCUT2D eigenvalue weighted by molar-refractivity contribution is 7.91. The summed E-state index contributed by atoms with van der Waals surface area (Å²) in [6, 6.07) is 1.85. The Morgan fingerprint density at radius 1 is 1.19 bits per heavy atom. The van der Waals surface area contributed by atoms with Gasteiger partial charge in [0.1, 0.15) is 11.4 Å². The molecule has 0 radical (unpaired) electrons. The fraction of sp³-hybridized carbons (Fsp3) is 0.619. The molecule has 11 heteroatoms. The minimum atomic E-state index is -1.11. The number of hydrogen-bond donors (Lipinski definition) is 2. The van der Waals surface area contributed by atoms with Gasteiger partial charge in [-0.2, -0.15) is 10.1 Å². The number of nitrogens with one attached hydrogen (secondary N) is 1. The number of rotatable bonds is 7. The van der Waals surface area contributed by atoms with E-state index in [2.05, 4.69) is 25.3 Å². The van der Waals surface area contributed by atoms with E-state index in [0.717, 1.165) is 43.4 Å². The van der Waals surface area contributed by atoms with Crippen molar-refractivity contribution in [1.29, 1.82) is 0 Å². The van der Waals surface area contributed by atoms with Gasteiger partial charge in [0.05, 0.1) is 24.5 Å². The van der Waals surface area contributed by atoms with Gasteiger partial charge in [-0.1, -0.05) is 13.8 Å². The first-order valence-electron chi connectivity index (χ1n) is 11.0. The van der Waals surface area contributed by atoms with Gasteiger partial charge in [-0.25, -0.2) is 4.98 Å². The first-order chi connectivity index (χ1) is 15.4. The third-order valence-corrected chi connectivity index (χ3v) is 7.47. The zero-order chi connectivity index (χ0) is 22.8. The number of aryl methyl sites for hydroxylation is 1. The SMILES string of the molecule is CC(C)C(CO)Nc1nc(N2CCN(c3ccnnc3N(C)C)CC2)nc2c1[S+]([O-])CC2. The molecule has 2 unspecified atom stereocenters. The predicted molar refractivity (Wildman–Crippen MR) is 127 cm³/mol. The molecule has 0 amide bonds. The van der Waals surface area contributed by atoms with Crippen molar-refractivity contribution in [2.45, 2.75) is 31.2 Å². The van der Waals surface area contributed by atoms with Crippen molar-refractivity contribution in [3.05, 3.63) is 18.0 Å². The Balaban J connectivity index is 1.55. The molecule has 2 aliphatic rings. The average molecular weight is 461 g/mol. The molecule has 0 saturated carbocycles. The maximum Gasteiger partial charge on any atom is 0.228 e. The number of aromatic nitrogens is 4. The van der Waals surface area contributed by atoms with Crippen LogP contribution in [0.15, 0.2) is 17.2 Å². The second-order valence-electron chi connectivity index (χ2n) is 8.73. The predicted octanol–water partition coefficient (Wildman–Crippen LogP) is 0.752. The third-order valence-electron chi connectivity index (χ3n) is 6.01. The number of aliphatic hydroxyl groups is 1. The Labute approximate surface area is 192 Å². The van der Waals surface area contributed by atoms with Gasteiger partial charge in [-0.05, 0) is 23.2 Å². The van der Waals surface area contributed by atoms with Crippen LogP contribution in [0.25, 0.3) is 0 Å². The molecule has 4 heterocycles. The molecule has 174 valence electrons. The highest BCUT2D eigenvalue weighted by Gasteiger charge is 2.34. The van der Waals surface area contributed by atoms with Crippen molar-refractivity contribution in [3.63, 3.8) is 0 Å². The summed E-state index contributed by atoms with van der Waals surface area (Å²) >= 11 is -1.11. The lowest BCUT2D eigenvalue weighted by molar-refractivity contribution is 0.248. The van der Waals surface area contributed by atoms with E-state index in [9.17, 15) is 9.66 Å². The van der Waals surface area contributed by atoms with Gasteiger partial charge in [0.25, 0.3) is 0 Å². The molecule has 0 bridgehead atoms. The van der Waals surface area contributed by atoms with Crippen LogP contribution in [-0.2, 0) is 17.6 Å². The molecule has 0 aliphatic carbocycles. The standard InChI is InChI=1S/C21H32N8O2S/c1-14(2)16(13-30)23-19-18-15(6-12-32(18)31)24-21(25-19)29-10-8-28(9-11-29)17-5-7-22-26-20(17)27(3)4/h5,7,14,16,30H,6,8-13H2,1-4H3,(H,23,24,25). The molecular weight excluding hydrogens is 428 g/mol. The van der Waals surface area contributed by atoms with Gasteiger partial charge in [0.2, 0.25) is 10.8 Å². The minimum absolute atomic E-state index is 0.00867. The quantitative estimate of drug-likeness (QED) is 0.573. The lowest BCUT2D eigenvalue weighted by Crippen LogP contribution is -2.47. The Kier molecular flexibility index (Phi) is 6.87. The van der Waals surface area contributed by atoms with Gasteiger partial charge in [-0.15, -0.1) is 5.10 Å². The van der Waals surface area contributed by atoms with Crippen LogP contribution in [0, 0.1) is 5.92 Å². The first kappa shape index (κ1) is 22.8. The second kappa shape index (κ2) is 9.63. The van der Waals surface area contributed by atoms with Crippen molar-refractivity contribution in [2.24, 2.45) is 5.92 Å². The number of piperazine rings is 1. The third kappa shape index (κ3) is 4.55. The molecule has 1 saturated heterocycles. The van der Waals surface area contributed by atoms with Gasteiger partial charge in [-0.3, -0.25) is 0 Å². The highest BCUT2D eigenvalue weighted by atomic mass is 32.2. The van der Waals surface area contributed by atoms with Gasteiger partial charge in [0.15, 0.2) is 11.6 Å². The van der Waals surface area contributed by atoms with E-state index in [4.69, 9.17) is 9.97 Å². The molecule has 2 atom stereocenters. The summed E-state index contributed by atoms with van der Waals surface area (Å²) in [5.74, 6) is 2.90. The Morgan fingerprint density at radius 3 is 2.56 bits per heavy atom. The van der Waals surface area contributed by atoms with Crippen molar-refractivity contribution in [2.75, 3.05) is 72.7 Å². The fourth-order valence-electron chi connectivity index (χ4n) is 4.05. The topological polar surface area (TPSA) is 117 Å². The average Bonchev–Trinajstić information content (AvgIpc) is 3.18. The van der Waals surface area contributed by atoms with Crippen LogP contribution in [0.4, 0.5) is 23.3 Å². The molecule has 1 fully saturated rings. The lowest BCUT2D eigenvalue weighted by atomic mass is 10.1. The lowest BCUT2D eigenvalue weighted by Gasteiger charge is -2.37. The molecule has 2 aromatic heterocycles. The maximum atomic E-state index is 12.6. The first-order valence-corrected chi connectivity index (χ1v) is 12.4. The molecule has 0 aromatic carbocycles. The molecular formula is C21H32N8O2S. The second-order valence-corrected chi connectivity index (χ2v) is 10.2. The molecule has 2 N–H and O–H groups in total. The van der Waals surface area contributed by atoms with Crippen LogP contribution in [-0.4, -0.2) is 88.5 Å². The fourth-order valence-corrected chi connectivity index (χ4v) is 5.37. The summed E-state index contributed by atoms with van der Waals surface area (Å²) in [6.45, 7) is 7.24. The number of fused-ring (bicyclic) bond motifs is 1. The monoisotopic (exact) mass is 460 g/mol. The van der Waals surface area contributed by atoms with Crippen molar-refractivity contribution in [1.82, 2.24) is 20.2 Å². The van der Waals surface area contributed by atoms with Crippen molar-refractivity contribution >= 4 is 34.4 Å². The zero-order valence-electron chi connectivity index (χ0n) is 19.2. The van der Waals surface area contributed by atoms with Crippen LogP contribution in [0.5, 0.6) is 0 Å². The van der Waals surface area contributed by atoms with Crippen molar-refractivity contribution < 1.29 is 9.66 Å². The summed E-state index contributed by atoms with van der Waals surface area (Å²) in [5, 5.41) is 21.4. The summed E-state index contributed by atoms with van der Waals surface area (Å²) in [6.07, 6.45) is 2.41. The highest BCUT2D eigenvalue weighted by Crippen LogP contribution is 2.33. The summed E-state index contributed by atoms with van der Waals surface area (Å²) in [5.41, 5.74) is 1.92. The Bertz CT molecular complexity index is 936.